The number of hydrogen-bond donors (Lipinski definition) is 2. The first-order chi connectivity index (χ1) is 7.93. The molecule has 0 bridgehead atoms. The van der Waals surface area contributed by atoms with Crippen molar-refractivity contribution in [1.29, 1.82) is 0 Å². The van der Waals surface area contributed by atoms with E-state index in [1.807, 2.05) is 0 Å². The fourth-order valence-corrected chi connectivity index (χ4v) is 1.91. The van der Waals surface area contributed by atoms with Crippen molar-refractivity contribution in [2.75, 3.05) is 0 Å². The lowest BCUT2D eigenvalue weighted by Crippen LogP contribution is -2.20. The summed E-state index contributed by atoms with van der Waals surface area (Å²) in [7, 11) is 0. The second kappa shape index (κ2) is 3.73. The maximum atomic E-state index is 12.1. The average Bonchev–Trinajstić information content (AvgIpc) is 2.26. The maximum Gasteiger partial charge on any atom is 0.194 e. The molecule has 0 amide bonds. The number of rotatable bonds is 1. The molecular weight excluding hydrogens is 220 g/mol. The SMILES string of the molecule is CC(C)C1=CC(=O)c2c(O)ccc(O)c2C1=O. The van der Waals surface area contributed by atoms with Crippen LogP contribution in [0, 0.1) is 5.92 Å². The molecule has 0 saturated carbocycles. The number of carbonyl (C=O) groups is 2. The molecule has 0 aromatic heterocycles. The zero-order chi connectivity index (χ0) is 12.7. The number of aromatic hydroxyl groups is 2. The topological polar surface area (TPSA) is 74.6 Å². The highest BCUT2D eigenvalue weighted by atomic mass is 16.3. The van der Waals surface area contributed by atoms with Gasteiger partial charge in [0.1, 0.15) is 11.5 Å². The third-order valence-electron chi connectivity index (χ3n) is 2.81. The fraction of sp³-hybridized carbons (Fsp3) is 0.231. The summed E-state index contributed by atoms with van der Waals surface area (Å²) in [5.74, 6) is -1.52. The van der Waals surface area contributed by atoms with Crippen molar-refractivity contribution in [3.63, 3.8) is 0 Å². The third-order valence-corrected chi connectivity index (χ3v) is 2.81. The second-order valence-electron chi connectivity index (χ2n) is 4.30. The van der Waals surface area contributed by atoms with Crippen molar-refractivity contribution in [2.24, 2.45) is 5.92 Å². The zero-order valence-corrected chi connectivity index (χ0v) is 9.52. The van der Waals surface area contributed by atoms with Gasteiger partial charge < -0.3 is 10.2 Å². The van der Waals surface area contributed by atoms with E-state index in [2.05, 4.69) is 0 Å². The Balaban J connectivity index is 2.73. The van der Waals surface area contributed by atoms with Crippen LogP contribution < -0.4 is 0 Å². The fourth-order valence-electron chi connectivity index (χ4n) is 1.91. The molecule has 4 nitrogen and oxygen atoms in total. The van der Waals surface area contributed by atoms with Gasteiger partial charge in [0, 0.05) is 5.57 Å². The first-order valence-corrected chi connectivity index (χ1v) is 5.29. The van der Waals surface area contributed by atoms with Gasteiger partial charge in [0.25, 0.3) is 0 Å². The van der Waals surface area contributed by atoms with Crippen molar-refractivity contribution in [3.8, 4) is 11.5 Å². The molecule has 0 unspecified atom stereocenters. The average molecular weight is 232 g/mol. The van der Waals surface area contributed by atoms with Crippen LogP contribution in [0.1, 0.15) is 34.6 Å². The summed E-state index contributed by atoms with van der Waals surface area (Å²) in [6.45, 7) is 3.59. The molecule has 17 heavy (non-hydrogen) atoms. The van der Waals surface area contributed by atoms with Crippen LogP contribution in [-0.4, -0.2) is 21.8 Å². The van der Waals surface area contributed by atoms with Crippen molar-refractivity contribution < 1.29 is 19.8 Å². The minimum atomic E-state index is -0.447. The summed E-state index contributed by atoms with van der Waals surface area (Å²) in [6.07, 6.45) is 1.23. The van der Waals surface area contributed by atoms with Crippen LogP contribution >= 0.6 is 0 Å². The van der Waals surface area contributed by atoms with Crippen LogP contribution in [0.25, 0.3) is 0 Å². The van der Waals surface area contributed by atoms with Crippen molar-refractivity contribution >= 4 is 11.6 Å². The van der Waals surface area contributed by atoms with E-state index in [1.165, 1.54) is 18.2 Å². The molecule has 0 radical (unpaired) electrons. The molecule has 2 rings (SSSR count). The number of hydrogen-bond acceptors (Lipinski definition) is 4. The van der Waals surface area contributed by atoms with E-state index in [4.69, 9.17) is 0 Å². The minimum Gasteiger partial charge on any atom is -0.507 e. The van der Waals surface area contributed by atoms with E-state index < -0.39 is 11.6 Å². The highest BCUT2D eigenvalue weighted by Crippen LogP contribution is 2.36. The minimum absolute atomic E-state index is 0.0961. The van der Waals surface area contributed by atoms with Crippen molar-refractivity contribution in [2.45, 2.75) is 13.8 Å². The van der Waals surface area contributed by atoms with Gasteiger partial charge in [-0.15, -0.1) is 0 Å². The Morgan fingerprint density at radius 3 is 2.06 bits per heavy atom. The van der Waals surface area contributed by atoms with E-state index in [1.54, 1.807) is 13.8 Å². The van der Waals surface area contributed by atoms with Gasteiger partial charge in [-0.1, -0.05) is 13.8 Å². The monoisotopic (exact) mass is 232 g/mol. The first-order valence-electron chi connectivity index (χ1n) is 5.29. The summed E-state index contributed by atoms with van der Waals surface area (Å²) in [6, 6.07) is 2.41. The van der Waals surface area contributed by atoms with Gasteiger partial charge in [0.15, 0.2) is 11.6 Å². The number of fused-ring (bicyclic) bond motifs is 1. The van der Waals surface area contributed by atoms with Crippen LogP contribution in [0.3, 0.4) is 0 Å². The lowest BCUT2D eigenvalue weighted by atomic mass is 9.84. The molecular formula is C13H12O4. The van der Waals surface area contributed by atoms with Crippen LogP contribution in [0.15, 0.2) is 23.8 Å². The van der Waals surface area contributed by atoms with E-state index in [0.29, 0.717) is 5.57 Å². The van der Waals surface area contributed by atoms with Crippen LogP contribution in [0.5, 0.6) is 11.5 Å². The van der Waals surface area contributed by atoms with Gasteiger partial charge in [0.05, 0.1) is 11.1 Å². The molecule has 0 saturated heterocycles. The second-order valence-corrected chi connectivity index (χ2v) is 4.30. The van der Waals surface area contributed by atoms with E-state index in [-0.39, 0.29) is 28.5 Å². The quantitative estimate of drug-likeness (QED) is 0.727. The standard InChI is InChI=1S/C13H12O4/c1-6(2)7-5-10(16)11-8(14)3-4-9(15)12(11)13(7)17/h3-6,14-15H,1-2H3. The number of ketones is 2. The smallest absolute Gasteiger partial charge is 0.194 e. The molecule has 0 heterocycles. The van der Waals surface area contributed by atoms with Crippen LogP contribution in [-0.2, 0) is 0 Å². The molecule has 88 valence electrons. The number of carbonyl (C=O) groups excluding carboxylic acids is 2. The molecule has 0 aliphatic heterocycles. The lowest BCUT2D eigenvalue weighted by Gasteiger charge is -2.19. The Morgan fingerprint density at radius 2 is 1.53 bits per heavy atom. The molecule has 0 spiro atoms. The van der Waals surface area contributed by atoms with Gasteiger partial charge >= 0.3 is 0 Å². The summed E-state index contributed by atoms with van der Waals surface area (Å²) < 4.78 is 0. The number of phenolic OH excluding ortho intramolecular Hbond substituents is 2. The predicted molar refractivity (Wildman–Crippen MR) is 61.4 cm³/mol. The summed E-state index contributed by atoms with van der Waals surface area (Å²) in [5, 5.41) is 19.2. The molecule has 0 fully saturated rings. The van der Waals surface area contributed by atoms with Gasteiger partial charge in [0.2, 0.25) is 0 Å². The van der Waals surface area contributed by atoms with Crippen LogP contribution in [0.4, 0.5) is 0 Å². The highest BCUT2D eigenvalue weighted by molar-refractivity contribution is 6.26. The van der Waals surface area contributed by atoms with Gasteiger partial charge in [-0.3, -0.25) is 9.59 Å². The molecule has 0 atom stereocenters. The Kier molecular flexibility index (Phi) is 2.50. The maximum absolute atomic E-state index is 12.1. The number of allylic oxidation sites excluding steroid dienone is 2. The summed E-state index contributed by atoms with van der Waals surface area (Å²) in [4.78, 5) is 23.9. The van der Waals surface area contributed by atoms with Crippen molar-refractivity contribution in [1.82, 2.24) is 0 Å². The predicted octanol–water partition coefficient (Wildman–Crippen LogP) is 2.06. The highest BCUT2D eigenvalue weighted by Gasteiger charge is 2.31. The molecule has 1 aliphatic rings. The lowest BCUT2D eigenvalue weighted by molar-refractivity contribution is 0.0972. The molecule has 4 heteroatoms. The molecule has 1 aliphatic carbocycles. The zero-order valence-electron chi connectivity index (χ0n) is 9.52. The van der Waals surface area contributed by atoms with Gasteiger partial charge in [-0.05, 0) is 24.1 Å². The van der Waals surface area contributed by atoms with E-state index >= 15 is 0 Å². The summed E-state index contributed by atoms with van der Waals surface area (Å²) >= 11 is 0. The van der Waals surface area contributed by atoms with E-state index in [9.17, 15) is 19.8 Å². The summed E-state index contributed by atoms with van der Waals surface area (Å²) in [5.41, 5.74) is 0.143. The number of benzene rings is 1. The Bertz CT molecular complexity index is 553. The van der Waals surface area contributed by atoms with Gasteiger partial charge in [-0.25, -0.2) is 0 Å². The third kappa shape index (κ3) is 1.62. The molecule has 2 N–H and O–H groups in total. The normalized spacial score (nSPS) is 14.9. The number of phenols is 2. The van der Waals surface area contributed by atoms with Crippen molar-refractivity contribution in [3.05, 3.63) is 34.9 Å². The van der Waals surface area contributed by atoms with E-state index in [0.717, 1.165) is 0 Å². The first kappa shape index (κ1) is 11.4. The molecule has 1 aromatic rings. The Labute approximate surface area is 98.2 Å². The Hall–Kier alpha value is -2.10. The number of Topliss-reactive ketones (excluding diaryl/α,β-unsaturated/α-hetero) is 1. The molecule has 1 aromatic carbocycles. The van der Waals surface area contributed by atoms with Gasteiger partial charge in [-0.2, -0.15) is 0 Å². The van der Waals surface area contributed by atoms with Crippen LogP contribution in [0.2, 0.25) is 0 Å². The Morgan fingerprint density at radius 1 is 1.00 bits per heavy atom. The largest absolute Gasteiger partial charge is 0.507 e.